The molecule has 15 heavy (non-hydrogen) atoms. The molecule has 0 atom stereocenters. The molecule has 1 saturated heterocycles. The maximum atomic E-state index is 11.8. The summed E-state index contributed by atoms with van der Waals surface area (Å²) in [6.07, 6.45) is 0. The summed E-state index contributed by atoms with van der Waals surface area (Å²) in [5.41, 5.74) is 0.795. The molecule has 1 aromatic carbocycles. The molecule has 0 amide bonds. The highest BCUT2D eigenvalue weighted by Crippen LogP contribution is 2.03. The number of carbonyl (C=O) groups is 1. The quantitative estimate of drug-likeness (QED) is 0.694. The molecule has 3 nitrogen and oxygen atoms in total. The molecule has 3 heteroatoms. The van der Waals surface area contributed by atoms with Gasteiger partial charge in [-0.2, -0.15) is 0 Å². The first-order valence-electron chi connectivity index (χ1n) is 5.24. The maximum absolute atomic E-state index is 11.8. The highest BCUT2D eigenvalue weighted by molar-refractivity contribution is 5.97. The second-order valence-corrected chi connectivity index (χ2v) is 3.68. The number of benzene rings is 1. The summed E-state index contributed by atoms with van der Waals surface area (Å²) in [6.45, 7) is 3.70. The Kier molecular flexibility index (Phi) is 3.48. The predicted molar refractivity (Wildman–Crippen MR) is 58.0 cm³/mol. The van der Waals surface area contributed by atoms with Gasteiger partial charge in [-0.05, 0) is 0 Å². The van der Waals surface area contributed by atoms with E-state index < -0.39 is 0 Å². The Morgan fingerprint density at radius 3 is 2.53 bits per heavy atom. The molecule has 1 fully saturated rings. The van der Waals surface area contributed by atoms with Crippen LogP contribution in [-0.2, 0) is 4.74 Å². The van der Waals surface area contributed by atoms with Crippen LogP contribution in [0.5, 0.6) is 0 Å². The van der Waals surface area contributed by atoms with E-state index in [4.69, 9.17) is 4.74 Å². The minimum absolute atomic E-state index is 0.192. The largest absolute Gasteiger partial charge is 0.379 e. The minimum Gasteiger partial charge on any atom is -0.379 e. The molecule has 0 bridgehead atoms. The summed E-state index contributed by atoms with van der Waals surface area (Å²) in [7, 11) is 0. The second-order valence-electron chi connectivity index (χ2n) is 3.68. The lowest BCUT2D eigenvalue weighted by Gasteiger charge is -2.25. The number of ether oxygens (including phenoxy) is 1. The third kappa shape index (κ3) is 2.88. The average Bonchev–Trinajstić information content (AvgIpc) is 2.31. The normalized spacial score (nSPS) is 17.6. The summed E-state index contributed by atoms with van der Waals surface area (Å²) in [6, 6.07) is 9.44. The first-order chi connectivity index (χ1) is 7.36. The van der Waals surface area contributed by atoms with Crippen LogP contribution in [-0.4, -0.2) is 43.5 Å². The summed E-state index contributed by atoms with van der Waals surface area (Å²) >= 11 is 0. The molecule has 80 valence electrons. The van der Waals surface area contributed by atoms with E-state index >= 15 is 0 Å². The van der Waals surface area contributed by atoms with Crippen molar-refractivity contribution in [3.63, 3.8) is 0 Å². The lowest BCUT2D eigenvalue weighted by Crippen LogP contribution is -2.39. The molecule has 0 saturated carbocycles. The minimum atomic E-state index is 0.192. The molecule has 1 aliphatic rings. The van der Waals surface area contributed by atoms with Gasteiger partial charge in [-0.1, -0.05) is 30.3 Å². The van der Waals surface area contributed by atoms with Crippen molar-refractivity contribution >= 4 is 5.78 Å². The van der Waals surface area contributed by atoms with Crippen molar-refractivity contribution in [3.8, 4) is 0 Å². The van der Waals surface area contributed by atoms with Crippen LogP contribution < -0.4 is 0 Å². The van der Waals surface area contributed by atoms with Gasteiger partial charge >= 0.3 is 0 Å². The number of morpholine rings is 1. The fourth-order valence-corrected chi connectivity index (χ4v) is 1.68. The summed E-state index contributed by atoms with van der Waals surface area (Å²) in [4.78, 5) is 14.0. The Hall–Kier alpha value is -1.19. The van der Waals surface area contributed by atoms with Crippen LogP contribution in [0.25, 0.3) is 0 Å². The third-order valence-corrected chi connectivity index (χ3v) is 2.57. The zero-order valence-corrected chi connectivity index (χ0v) is 8.69. The van der Waals surface area contributed by atoms with Crippen LogP contribution in [0.2, 0.25) is 0 Å². The standard InChI is InChI=1S/C12H15NO2/c14-12(11-4-2-1-3-5-11)10-13-6-8-15-9-7-13/h1-5H,6-10H2. The first-order valence-corrected chi connectivity index (χ1v) is 5.24. The lowest BCUT2D eigenvalue weighted by molar-refractivity contribution is 0.0371. The van der Waals surface area contributed by atoms with E-state index in [2.05, 4.69) is 4.90 Å². The van der Waals surface area contributed by atoms with Crippen molar-refractivity contribution < 1.29 is 9.53 Å². The molecule has 0 aliphatic carbocycles. The van der Waals surface area contributed by atoms with Crippen molar-refractivity contribution in [2.75, 3.05) is 32.8 Å². The first kappa shape index (κ1) is 10.3. The molecule has 0 spiro atoms. The van der Waals surface area contributed by atoms with Crippen molar-refractivity contribution in [1.82, 2.24) is 4.90 Å². The highest BCUT2D eigenvalue weighted by atomic mass is 16.5. The van der Waals surface area contributed by atoms with Crippen LogP contribution in [0.15, 0.2) is 30.3 Å². The number of ketones is 1. The fraction of sp³-hybridized carbons (Fsp3) is 0.417. The van der Waals surface area contributed by atoms with E-state index in [1.54, 1.807) is 0 Å². The van der Waals surface area contributed by atoms with E-state index in [1.165, 1.54) is 0 Å². The molecule has 1 aliphatic heterocycles. The van der Waals surface area contributed by atoms with Gasteiger partial charge in [0.1, 0.15) is 0 Å². The van der Waals surface area contributed by atoms with Crippen molar-refractivity contribution in [1.29, 1.82) is 0 Å². The lowest BCUT2D eigenvalue weighted by atomic mass is 10.1. The van der Waals surface area contributed by atoms with E-state index in [-0.39, 0.29) is 5.78 Å². The second kappa shape index (κ2) is 5.05. The molecule has 1 heterocycles. The van der Waals surface area contributed by atoms with E-state index in [0.29, 0.717) is 6.54 Å². The van der Waals surface area contributed by atoms with Crippen LogP contribution >= 0.6 is 0 Å². The van der Waals surface area contributed by atoms with Crippen molar-refractivity contribution in [2.45, 2.75) is 0 Å². The summed E-state index contributed by atoms with van der Waals surface area (Å²) in [5.74, 6) is 0.192. The number of hydrogen-bond acceptors (Lipinski definition) is 3. The topological polar surface area (TPSA) is 29.5 Å². The van der Waals surface area contributed by atoms with Gasteiger partial charge < -0.3 is 4.74 Å². The Balaban J connectivity index is 1.91. The number of nitrogens with zero attached hydrogens (tertiary/aromatic N) is 1. The smallest absolute Gasteiger partial charge is 0.176 e. The van der Waals surface area contributed by atoms with Gasteiger partial charge in [0.2, 0.25) is 0 Å². The maximum Gasteiger partial charge on any atom is 0.176 e. The van der Waals surface area contributed by atoms with E-state index in [0.717, 1.165) is 31.9 Å². The van der Waals surface area contributed by atoms with Crippen LogP contribution in [0.1, 0.15) is 10.4 Å². The van der Waals surface area contributed by atoms with Gasteiger partial charge in [-0.25, -0.2) is 0 Å². The number of rotatable bonds is 3. The van der Waals surface area contributed by atoms with Gasteiger partial charge in [0.15, 0.2) is 5.78 Å². The molecular formula is C12H15NO2. The molecule has 0 N–H and O–H groups in total. The van der Waals surface area contributed by atoms with Crippen LogP contribution in [0.4, 0.5) is 0 Å². The van der Waals surface area contributed by atoms with E-state index in [1.807, 2.05) is 30.3 Å². The van der Waals surface area contributed by atoms with Gasteiger partial charge in [-0.3, -0.25) is 9.69 Å². The molecule has 0 radical (unpaired) electrons. The van der Waals surface area contributed by atoms with Gasteiger partial charge in [0.05, 0.1) is 19.8 Å². The van der Waals surface area contributed by atoms with Crippen LogP contribution in [0, 0.1) is 0 Å². The Labute approximate surface area is 89.7 Å². The average molecular weight is 205 g/mol. The fourth-order valence-electron chi connectivity index (χ4n) is 1.68. The zero-order chi connectivity index (χ0) is 10.5. The third-order valence-electron chi connectivity index (χ3n) is 2.57. The molecule has 0 unspecified atom stereocenters. The van der Waals surface area contributed by atoms with Gasteiger partial charge in [0, 0.05) is 18.7 Å². The molecular weight excluding hydrogens is 190 g/mol. The Morgan fingerprint density at radius 1 is 1.20 bits per heavy atom. The highest BCUT2D eigenvalue weighted by Gasteiger charge is 2.14. The molecule has 0 aromatic heterocycles. The monoisotopic (exact) mass is 205 g/mol. The van der Waals surface area contributed by atoms with E-state index in [9.17, 15) is 4.79 Å². The Morgan fingerprint density at radius 2 is 1.87 bits per heavy atom. The number of carbonyl (C=O) groups excluding carboxylic acids is 1. The zero-order valence-electron chi connectivity index (χ0n) is 8.69. The van der Waals surface area contributed by atoms with Crippen molar-refractivity contribution in [3.05, 3.63) is 35.9 Å². The van der Waals surface area contributed by atoms with Gasteiger partial charge in [-0.15, -0.1) is 0 Å². The number of hydrogen-bond donors (Lipinski definition) is 0. The van der Waals surface area contributed by atoms with Crippen molar-refractivity contribution in [2.24, 2.45) is 0 Å². The molecule has 1 aromatic rings. The Bertz CT molecular complexity index is 318. The van der Waals surface area contributed by atoms with Gasteiger partial charge in [0.25, 0.3) is 0 Å². The summed E-state index contributed by atoms with van der Waals surface area (Å²) < 4.78 is 5.23. The van der Waals surface area contributed by atoms with Crippen LogP contribution in [0.3, 0.4) is 0 Å². The SMILES string of the molecule is O=C(CN1CCOCC1)c1ccccc1. The summed E-state index contributed by atoms with van der Waals surface area (Å²) in [5, 5.41) is 0. The predicted octanol–water partition coefficient (Wildman–Crippen LogP) is 1.20. The number of Topliss-reactive ketones (excluding diaryl/α,β-unsaturated/α-hetero) is 1. The molecule has 2 rings (SSSR count).